The van der Waals surface area contributed by atoms with Crippen molar-refractivity contribution in [2.45, 2.75) is 12.8 Å². The molecule has 0 radical (unpaired) electrons. The number of hydrogen-bond acceptors (Lipinski definition) is 1. The molecule has 0 aliphatic carbocycles. The lowest BCUT2D eigenvalue weighted by molar-refractivity contribution is -0.132. The van der Waals surface area contributed by atoms with Crippen molar-refractivity contribution < 1.29 is 13.6 Å². The first-order valence-corrected chi connectivity index (χ1v) is 6.41. The van der Waals surface area contributed by atoms with Gasteiger partial charge >= 0.3 is 0 Å². The lowest BCUT2D eigenvalue weighted by atomic mass is 10.1. The second kappa shape index (κ2) is 7.37. The minimum atomic E-state index is -2.49. The largest absolute Gasteiger partial charge is 0.336 e. The monoisotopic (exact) mass is 305 g/mol. The summed E-state index contributed by atoms with van der Waals surface area (Å²) in [6.07, 6.45) is -2.32. The summed E-state index contributed by atoms with van der Waals surface area (Å²) in [6.45, 7) is -0.201. The second-order valence-corrected chi connectivity index (χ2v) is 4.38. The lowest BCUT2D eigenvalue weighted by Crippen LogP contribution is -2.37. The van der Waals surface area contributed by atoms with Gasteiger partial charge in [-0.1, -0.05) is 46.3 Å². The summed E-state index contributed by atoms with van der Waals surface area (Å²) in [7, 11) is 0. The number of amides is 1. The van der Waals surface area contributed by atoms with Gasteiger partial charge in [-0.05, 0) is 5.56 Å². The summed E-state index contributed by atoms with van der Waals surface area (Å²) in [5, 5.41) is 0.500. The fraction of sp³-hybridized carbons (Fsp3) is 0.417. The van der Waals surface area contributed by atoms with Gasteiger partial charge in [-0.25, -0.2) is 8.78 Å². The Bertz CT molecular complexity index is 346. The SMILES string of the molecule is O=C(Cc1ccccc1)N(CCBr)CC(F)F. The average Bonchev–Trinajstić information content (AvgIpc) is 2.29. The third-order valence-corrected chi connectivity index (χ3v) is 2.62. The van der Waals surface area contributed by atoms with Gasteiger partial charge in [0.2, 0.25) is 5.91 Å². The number of benzene rings is 1. The van der Waals surface area contributed by atoms with E-state index in [1.807, 2.05) is 30.3 Å². The van der Waals surface area contributed by atoms with Crippen LogP contribution in [0.25, 0.3) is 0 Å². The maximum absolute atomic E-state index is 12.3. The Morgan fingerprint density at radius 1 is 1.29 bits per heavy atom. The van der Waals surface area contributed by atoms with Crippen LogP contribution in [0.15, 0.2) is 30.3 Å². The van der Waals surface area contributed by atoms with Crippen molar-refractivity contribution in [3.05, 3.63) is 35.9 Å². The molecule has 94 valence electrons. The summed E-state index contributed by atoms with van der Waals surface area (Å²) < 4.78 is 24.6. The summed E-state index contributed by atoms with van der Waals surface area (Å²) >= 11 is 3.15. The molecule has 1 aromatic rings. The molecule has 1 rings (SSSR count). The highest BCUT2D eigenvalue weighted by atomic mass is 79.9. The van der Waals surface area contributed by atoms with Crippen LogP contribution in [0.5, 0.6) is 0 Å². The number of carbonyl (C=O) groups excluding carboxylic acids is 1. The zero-order valence-electron chi connectivity index (χ0n) is 9.28. The maximum Gasteiger partial charge on any atom is 0.255 e. The fourth-order valence-electron chi connectivity index (χ4n) is 1.47. The Hall–Kier alpha value is -0.970. The van der Waals surface area contributed by atoms with E-state index < -0.39 is 13.0 Å². The van der Waals surface area contributed by atoms with Crippen LogP contribution in [0, 0.1) is 0 Å². The smallest absolute Gasteiger partial charge is 0.255 e. The summed E-state index contributed by atoms with van der Waals surface area (Å²) in [6, 6.07) is 9.12. The molecule has 0 aliphatic heterocycles. The number of rotatable bonds is 6. The highest BCUT2D eigenvalue weighted by Gasteiger charge is 2.17. The molecule has 0 aromatic heterocycles. The van der Waals surface area contributed by atoms with Crippen molar-refractivity contribution >= 4 is 21.8 Å². The topological polar surface area (TPSA) is 20.3 Å². The average molecular weight is 306 g/mol. The molecule has 0 heterocycles. The van der Waals surface area contributed by atoms with Gasteiger partial charge in [0.05, 0.1) is 13.0 Å². The van der Waals surface area contributed by atoms with Gasteiger partial charge in [0, 0.05) is 11.9 Å². The molecule has 0 aliphatic rings. The predicted molar refractivity (Wildman–Crippen MR) is 66.5 cm³/mol. The van der Waals surface area contributed by atoms with Crippen LogP contribution in [-0.2, 0) is 11.2 Å². The Labute approximate surface area is 108 Å². The number of nitrogens with zero attached hydrogens (tertiary/aromatic N) is 1. The first-order valence-electron chi connectivity index (χ1n) is 5.29. The molecular weight excluding hydrogens is 292 g/mol. The predicted octanol–water partition coefficient (Wildman–Crippen LogP) is 2.72. The molecule has 1 amide bonds. The Morgan fingerprint density at radius 3 is 2.47 bits per heavy atom. The van der Waals surface area contributed by atoms with Crippen molar-refractivity contribution in [1.82, 2.24) is 4.90 Å². The van der Waals surface area contributed by atoms with E-state index in [1.165, 1.54) is 4.90 Å². The van der Waals surface area contributed by atoms with Gasteiger partial charge in [0.25, 0.3) is 6.43 Å². The zero-order valence-corrected chi connectivity index (χ0v) is 10.9. The summed E-state index contributed by atoms with van der Waals surface area (Å²) in [5.74, 6) is -0.268. The van der Waals surface area contributed by atoms with Crippen LogP contribution in [0.1, 0.15) is 5.56 Å². The van der Waals surface area contributed by atoms with Crippen LogP contribution >= 0.6 is 15.9 Å². The molecule has 0 saturated carbocycles. The molecule has 1 aromatic carbocycles. The third kappa shape index (κ3) is 5.26. The summed E-state index contributed by atoms with van der Waals surface area (Å²) in [5.41, 5.74) is 0.839. The summed E-state index contributed by atoms with van der Waals surface area (Å²) in [4.78, 5) is 13.0. The number of alkyl halides is 3. The highest BCUT2D eigenvalue weighted by Crippen LogP contribution is 2.06. The number of halogens is 3. The van der Waals surface area contributed by atoms with E-state index in [1.54, 1.807) is 0 Å². The Kier molecular flexibility index (Phi) is 6.11. The van der Waals surface area contributed by atoms with Gasteiger partial charge in [-0.15, -0.1) is 0 Å². The van der Waals surface area contributed by atoms with Crippen molar-refractivity contribution in [1.29, 1.82) is 0 Å². The van der Waals surface area contributed by atoms with Crippen molar-refractivity contribution in [3.8, 4) is 0 Å². The van der Waals surface area contributed by atoms with Gasteiger partial charge in [0.1, 0.15) is 0 Å². The van der Waals surface area contributed by atoms with E-state index in [0.29, 0.717) is 11.9 Å². The quantitative estimate of drug-likeness (QED) is 0.740. The number of hydrogen-bond donors (Lipinski definition) is 0. The normalized spacial score (nSPS) is 10.6. The van der Waals surface area contributed by atoms with Crippen LogP contribution in [0.2, 0.25) is 0 Å². The van der Waals surface area contributed by atoms with E-state index in [4.69, 9.17) is 0 Å². The van der Waals surface area contributed by atoms with E-state index >= 15 is 0 Å². The van der Waals surface area contributed by atoms with Crippen LogP contribution in [0.3, 0.4) is 0 Å². The lowest BCUT2D eigenvalue weighted by Gasteiger charge is -2.21. The van der Waals surface area contributed by atoms with E-state index in [0.717, 1.165) is 5.56 Å². The van der Waals surface area contributed by atoms with Gasteiger partial charge in [-0.2, -0.15) is 0 Å². The molecule has 17 heavy (non-hydrogen) atoms. The van der Waals surface area contributed by atoms with Crippen LogP contribution in [-0.4, -0.2) is 35.7 Å². The molecule has 5 heteroatoms. The zero-order chi connectivity index (χ0) is 12.7. The van der Waals surface area contributed by atoms with Gasteiger partial charge in [-0.3, -0.25) is 4.79 Å². The standard InChI is InChI=1S/C12H14BrF2NO/c13-6-7-16(9-11(14)15)12(17)8-10-4-2-1-3-5-10/h1-5,11H,6-9H2. The van der Waals surface area contributed by atoms with Crippen LogP contribution in [0.4, 0.5) is 8.78 Å². The molecule has 0 spiro atoms. The van der Waals surface area contributed by atoms with E-state index in [9.17, 15) is 13.6 Å². The number of carbonyl (C=O) groups is 1. The first-order chi connectivity index (χ1) is 8.13. The van der Waals surface area contributed by atoms with E-state index in [2.05, 4.69) is 15.9 Å². The maximum atomic E-state index is 12.3. The first kappa shape index (κ1) is 14.1. The minimum Gasteiger partial charge on any atom is -0.336 e. The van der Waals surface area contributed by atoms with Crippen molar-refractivity contribution in [2.75, 3.05) is 18.4 Å². The molecule has 0 saturated heterocycles. The molecule has 0 unspecified atom stereocenters. The van der Waals surface area contributed by atoms with E-state index in [-0.39, 0.29) is 12.3 Å². The third-order valence-electron chi connectivity index (χ3n) is 2.26. The fourth-order valence-corrected chi connectivity index (χ4v) is 1.90. The Morgan fingerprint density at radius 2 is 1.94 bits per heavy atom. The molecule has 0 N–H and O–H groups in total. The molecule has 2 nitrogen and oxygen atoms in total. The molecule has 0 fully saturated rings. The van der Waals surface area contributed by atoms with Crippen molar-refractivity contribution in [2.24, 2.45) is 0 Å². The van der Waals surface area contributed by atoms with Gasteiger partial charge < -0.3 is 4.90 Å². The van der Waals surface area contributed by atoms with Crippen LogP contribution < -0.4 is 0 Å². The minimum absolute atomic E-state index is 0.167. The molecule has 0 atom stereocenters. The highest BCUT2D eigenvalue weighted by molar-refractivity contribution is 9.09. The van der Waals surface area contributed by atoms with Gasteiger partial charge in [0.15, 0.2) is 0 Å². The Balaban J connectivity index is 2.59. The second-order valence-electron chi connectivity index (χ2n) is 3.58. The van der Waals surface area contributed by atoms with Crippen molar-refractivity contribution in [3.63, 3.8) is 0 Å². The molecule has 0 bridgehead atoms. The molecular formula is C12H14BrF2NO.